The van der Waals surface area contributed by atoms with Crippen LogP contribution >= 0.6 is 11.8 Å². The summed E-state index contributed by atoms with van der Waals surface area (Å²) in [7, 11) is 1.30. The summed E-state index contributed by atoms with van der Waals surface area (Å²) >= 11 is 1.11. The minimum absolute atomic E-state index is 0.0434. The van der Waals surface area contributed by atoms with Crippen LogP contribution in [0.2, 0.25) is 0 Å². The average Bonchev–Trinajstić information content (AvgIpc) is 3.00. The lowest BCUT2D eigenvalue weighted by Gasteiger charge is -2.06. The molecule has 2 aromatic carbocycles. The van der Waals surface area contributed by atoms with E-state index >= 15 is 0 Å². The monoisotopic (exact) mass is 413 g/mol. The van der Waals surface area contributed by atoms with E-state index in [1.807, 2.05) is 26.0 Å². The van der Waals surface area contributed by atoms with Gasteiger partial charge in [0, 0.05) is 11.6 Å². The fraction of sp³-hybridized carbons (Fsp3) is 0.200. The number of phenolic OH excluding ortho intramolecular Hbond substituents is 1. The first-order valence-electron chi connectivity index (χ1n) is 8.64. The zero-order valence-electron chi connectivity index (χ0n) is 16.1. The number of phenols is 1. The Kier molecular flexibility index (Phi) is 5.88. The number of aliphatic imine (C=N–C) groups is 1. The maximum Gasteiger partial charge on any atom is 0.274 e. The molecule has 0 aromatic heterocycles. The molecule has 9 heteroatoms. The van der Waals surface area contributed by atoms with Gasteiger partial charge in [-0.1, -0.05) is 29.3 Å². The SMILES string of the molecule is COc1cc([N+](=O)[O-])cc(/C=C2\SC(=NCc3cc(C)cc(C)c3)NC2=O)c1O. The van der Waals surface area contributed by atoms with Crippen LogP contribution < -0.4 is 10.1 Å². The maximum absolute atomic E-state index is 12.3. The number of hydrogen-bond acceptors (Lipinski definition) is 7. The number of benzene rings is 2. The number of methoxy groups -OCH3 is 1. The summed E-state index contributed by atoms with van der Waals surface area (Å²) in [4.78, 5) is 27.5. The summed E-state index contributed by atoms with van der Waals surface area (Å²) in [5, 5.41) is 24.4. The molecule has 150 valence electrons. The summed E-state index contributed by atoms with van der Waals surface area (Å²) in [5.74, 6) is -0.711. The lowest BCUT2D eigenvalue weighted by molar-refractivity contribution is -0.385. The van der Waals surface area contributed by atoms with Crippen molar-refractivity contribution >= 4 is 34.6 Å². The largest absolute Gasteiger partial charge is 0.504 e. The van der Waals surface area contributed by atoms with E-state index in [9.17, 15) is 20.0 Å². The lowest BCUT2D eigenvalue weighted by Crippen LogP contribution is -2.19. The van der Waals surface area contributed by atoms with E-state index in [2.05, 4.69) is 16.4 Å². The first-order chi connectivity index (χ1) is 13.8. The van der Waals surface area contributed by atoms with Gasteiger partial charge in [0.1, 0.15) is 0 Å². The smallest absolute Gasteiger partial charge is 0.274 e. The number of aromatic hydroxyl groups is 1. The molecule has 8 nitrogen and oxygen atoms in total. The summed E-state index contributed by atoms with van der Waals surface area (Å²) in [6, 6.07) is 8.44. The lowest BCUT2D eigenvalue weighted by atomic mass is 10.1. The molecule has 0 radical (unpaired) electrons. The topological polar surface area (TPSA) is 114 Å². The minimum atomic E-state index is -0.595. The van der Waals surface area contributed by atoms with Gasteiger partial charge in [-0.3, -0.25) is 19.9 Å². The van der Waals surface area contributed by atoms with Gasteiger partial charge in [0.05, 0.1) is 29.5 Å². The normalized spacial score (nSPS) is 16.3. The van der Waals surface area contributed by atoms with E-state index in [4.69, 9.17) is 4.74 Å². The standard InChI is InChI=1S/C20H19N3O5S/c1-11-4-12(2)6-13(5-11)10-21-20-22-19(25)17(29-20)8-14-7-15(23(26)27)9-16(28-3)18(14)24/h4-9,24H,10H2,1-3H3,(H,21,22,25)/b17-8-. The number of rotatable bonds is 5. The number of carbonyl (C=O) groups is 1. The molecule has 1 fully saturated rings. The third-order valence-electron chi connectivity index (χ3n) is 4.14. The molecule has 29 heavy (non-hydrogen) atoms. The van der Waals surface area contributed by atoms with Crippen LogP contribution in [0.3, 0.4) is 0 Å². The van der Waals surface area contributed by atoms with Crippen molar-refractivity contribution in [3.63, 3.8) is 0 Å². The van der Waals surface area contributed by atoms with E-state index in [0.29, 0.717) is 11.7 Å². The second kappa shape index (κ2) is 8.36. The molecule has 1 aliphatic rings. The zero-order valence-corrected chi connectivity index (χ0v) is 16.9. The molecule has 0 saturated carbocycles. The minimum Gasteiger partial charge on any atom is -0.504 e. The number of hydrogen-bond donors (Lipinski definition) is 2. The second-order valence-electron chi connectivity index (χ2n) is 6.53. The Labute approximate surface area is 171 Å². The van der Waals surface area contributed by atoms with Gasteiger partial charge in [-0.25, -0.2) is 0 Å². The van der Waals surface area contributed by atoms with Gasteiger partial charge in [-0.15, -0.1) is 0 Å². The van der Waals surface area contributed by atoms with E-state index in [0.717, 1.165) is 34.5 Å². The summed E-state index contributed by atoms with van der Waals surface area (Å²) in [5.41, 5.74) is 3.17. The fourth-order valence-electron chi connectivity index (χ4n) is 2.95. The maximum atomic E-state index is 12.3. The molecule has 0 bridgehead atoms. The molecule has 1 amide bonds. The molecule has 2 N–H and O–H groups in total. The molecule has 0 atom stereocenters. The first-order valence-corrected chi connectivity index (χ1v) is 9.46. The van der Waals surface area contributed by atoms with Gasteiger partial charge in [-0.05, 0) is 37.2 Å². The predicted octanol–water partition coefficient (Wildman–Crippen LogP) is 3.69. The van der Waals surface area contributed by atoms with Crippen LogP contribution in [-0.2, 0) is 11.3 Å². The van der Waals surface area contributed by atoms with Crippen molar-refractivity contribution in [2.75, 3.05) is 7.11 Å². The van der Waals surface area contributed by atoms with Crippen molar-refractivity contribution < 1.29 is 19.6 Å². The van der Waals surface area contributed by atoms with E-state index < -0.39 is 4.92 Å². The van der Waals surface area contributed by atoms with E-state index in [1.54, 1.807) is 0 Å². The molecule has 0 aliphatic carbocycles. The number of ether oxygens (including phenoxy) is 1. The Bertz CT molecular complexity index is 1040. The van der Waals surface area contributed by atoms with Crippen LogP contribution in [0, 0.1) is 24.0 Å². The zero-order chi connectivity index (χ0) is 21.1. The van der Waals surface area contributed by atoms with Gasteiger partial charge < -0.3 is 15.2 Å². The van der Waals surface area contributed by atoms with Crippen LogP contribution in [-0.4, -0.2) is 28.2 Å². The predicted molar refractivity (Wildman–Crippen MR) is 112 cm³/mol. The van der Waals surface area contributed by atoms with Crippen molar-refractivity contribution in [3.8, 4) is 11.5 Å². The molecule has 1 heterocycles. The highest BCUT2D eigenvalue weighted by molar-refractivity contribution is 8.18. The molecule has 2 aromatic rings. The number of nitro benzene ring substituents is 1. The van der Waals surface area contributed by atoms with Crippen molar-refractivity contribution in [1.29, 1.82) is 0 Å². The highest BCUT2D eigenvalue weighted by Gasteiger charge is 2.25. The van der Waals surface area contributed by atoms with Gasteiger partial charge in [0.15, 0.2) is 16.7 Å². The number of nitrogens with one attached hydrogen (secondary N) is 1. The Hall–Kier alpha value is -3.33. The average molecular weight is 413 g/mol. The third-order valence-corrected chi connectivity index (χ3v) is 5.09. The van der Waals surface area contributed by atoms with Crippen LogP contribution in [0.4, 0.5) is 5.69 Å². The molecule has 3 rings (SSSR count). The number of amides is 1. The number of nitrogens with zero attached hydrogens (tertiary/aromatic N) is 2. The van der Waals surface area contributed by atoms with Gasteiger partial charge in [0.25, 0.3) is 11.6 Å². The number of aryl methyl sites for hydroxylation is 2. The molecule has 0 spiro atoms. The first kappa shape index (κ1) is 20.4. The van der Waals surface area contributed by atoms with Crippen molar-refractivity contribution in [2.45, 2.75) is 20.4 Å². The summed E-state index contributed by atoms with van der Waals surface area (Å²) in [6.45, 7) is 4.43. The molecule has 0 unspecified atom stereocenters. The Morgan fingerprint density at radius 1 is 1.24 bits per heavy atom. The molecular weight excluding hydrogens is 394 g/mol. The fourth-order valence-corrected chi connectivity index (χ4v) is 3.76. The van der Waals surface area contributed by atoms with Gasteiger partial charge >= 0.3 is 0 Å². The Morgan fingerprint density at radius 2 is 1.93 bits per heavy atom. The Morgan fingerprint density at radius 3 is 2.55 bits per heavy atom. The van der Waals surface area contributed by atoms with Crippen LogP contribution in [0.25, 0.3) is 6.08 Å². The van der Waals surface area contributed by atoms with Crippen LogP contribution in [0.15, 0.2) is 40.2 Å². The highest BCUT2D eigenvalue weighted by atomic mass is 32.2. The molecule has 1 saturated heterocycles. The van der Waals surface area contributed by atoms with Gasteiger partial charge in [0.2, 0.25) is 0 Å². The quantitative estimate of drug-likeness (QED) is 0.439. The van der Waals surface area contributed by atoms with Crippen molar-refractivity contribution in [1.82, 2.24) is 5.32 Å². The van der Waals surface area contributed by atoms with Crippen LogP contribution in [0.5, 0.6) is 11.5 Å². The summed E-state index contributed by atoms with van der Waals surface area (Å²) in [6.07, 6.45) is 1.38. The number of thioether (sulfide) groups is 1. The van der Waals surface area contributed by atoms with E-state index in [1.165, 1.54) is 19.3 Å². The number of amidine groups is 1. The second-order valence-corrected chi connectivity index (χ2v) is 7.56. The molecule has 1 aliphatic heterocycles. The van der Waals surface area contributed by atoms with E-state index in [-0.39, 0.29) is 33.6 Å². The van der Waals surface area contributed by atoms with Gasteiger partial charge in [-0.2, -0.15) is 0 Å². The number of non-ortho nitro benzene ring substituents is 1. The number of nitro groups is 1. The molecular formula is C20H19N3O5S. The highest BCUT2D eigenvalue weighted by Crippen LogP contribution is 2.37. The Balaban J connectivity index is 1.85. The van der Waals surface area contributed by atoms with Crippen LogP contribution in [0.1, 0.15) is 22.3 Å². The van der Waals surface area contributed by atoms with Crippen molar-refractivity contribution in [3.05, 3.63) is 67.6 Å². The number of carbonyl (C=O) groups excluding carboxylic acids is 1. The third kappa shape index (κ3) is 4.75. The van der Waals surface area contributed by atoms with Crippen molar-refractivity contribution in [2.24, 2.45) is 4.99 Å². The summed E-state index contributed by atoms with van der Waals surface area (Å²) < 4.78 is 4.98.